The number of sulfonamides is 1. The second-order valence-electron chi connectivity index (χ2n) is 3.56. The first kappa shape index (κ1) is 15.3. The smallest absolute Gasteiger partial charge is 0.242 e. The van der Waals surface area contributed by atoms with Crippen LogP contribution in [0.25, 0.3) is 0 Å². The summed E-state index contributed by atoms with van der Waals surface area (Å²) >= 11 is 10.7. The second-order valence-corrected chi connectivity index (χ2v) is 6.45. The Kier molecular flexibility index (Phi) is 5.06. The molecule has 0 atom stereocenters. The molecule has 0 heterocycles. The van der Waals surface area contributed by atoms with E-state index in [2.05, 4.69) is 0 Å². The Labute approximate surface area is 116 Å². The van der Waals surface area contributed by atoms with E-state index in [1.807, 2.05) is 0 Å². The lowest BCUT2D eigenvalue weighted by Gasteiger charge is -2.16. The summed E-state index contributed by atoms with van der Waals surface area (Å²) in [4.78, 5) is 0.135. The standard InChI is InChI=1S/C10H13ClN2O3S2/c1-13(4-5-14)18(15,16)7-2-3-8(10(12)17)9(11)6-7/h2-3,6,14H,4-5H2,1H3,(H2,12,17). The van der Waals surface area contributed by atoms with Gasteiger partial charge in [-0.25, -0.2) is 8.42 Å². The van der Waals surface area contributed by atoms with E-state index >= 15 is 0 Å². The zero-order valence-electron chi connectivity index (χ0n) is 9.63. The molecular weight excluding hydrogens is 296 g/mol. The lowest BCUT2D eigenvalue weighted by Crippen LogP contribution is -2.29. The van der Waals surface area contributed by atoms with Crippen molar-refractivity contribution in [2.45, 2.75) is 4.90 Å². The number of aliphatic hydroxyl groups is 1. The van der Waals surface area contributed by atoms with Gasteiger partial charge >= 0.3 is 0 Å². The molecule has 0 amide bonds. The van der Waals surface area contributed by atoms with Crippen LogP contribution in [0.4, 0.5) is 0 Å². The molecular formula is C10H13ClN2O3S2. The van der Waals surface area contributed by atoms with Gasteiger partial charge in [-0.1, -0.05) is 23.8 Å². The molecule has 1 aromatic carbocycles. The predicted octanol–water partition coefficient (Wildman–Crippen LogP) is 0.587. The number of nitrogens with two attached hydrogens (primary N) is 1. The number of hydrogen-bond acceptors (Lipinski definition) is 4. The molecule has 5 nitrogen and oxygen atoms in total. The number of thiocarbonyl (C=S) groups is 1. The molecule has 100 valence electrons. The second kappa shape index (κ2) is 5.94. The van der Waals surface area contributed by atoms with Crippen molar-refractivity contribution in [1.82, 2.24) is 4.31 Å². The van der Waals surface area contributed by atoms with Crippen molar-refractivity contribution >= 4 is 38.8 Å². The van der Waals surface area contributed by atoms with Crippen LogP contribution in [0, 0.1) is 0 Å². The largest absolute Gasteiger partial charge is 0.395 e. The van der Waals surface area contributed by atoms with Crippen LogP contribution in [0.5, 0.6) is 0 Å². The van der Waals surface area contributed by atoms with E-state index < -0.39 is 10.0 Å². The number of likely N-dealkylation sites (N-methyl/N-ethyl adjacent to an activating group) is 1. The Bertz CT molecular complexity index is 560. The number of nitrogens with zero attached hydrogens (tertiary/aromatic N) is 1. The summed E-state index contributed by atoms with van der Waals surface area (Å²) in [6, 6.07) is 4.13. The molecule has 0 bridgehead atoms. The number of rotatable bonds is 5. The Morgan fingerprint density at radius 2 is 2.17 bits per heavy atom. The molecule has 1 rings (SSSR count). The van der Waals surface area contributed by atoms with Gasteiger partial charge in [-0.15, -0.1) is 0 Å². The maximum Gasteiger partial charge on any atom is 0.242 e. The van der Waals surface area contributed by atoms with Gasteiger partial charge in [0.1, 0.15) is 4.99 Å². The summed E-state index contributed by atoms with van der Waals surface area (Å²) < 4.78 is 25.1. The van der Waals surface area contributed by atoms with Crippen molar-refractivity contribution in [3.63, 3.8) is 0 Å². The highest BCUT2D eigenvalue weighted by Crippen LogP contribution is 2.22. The highest BCUT2D eigenvalue weighted by atomic mass is 35.5. The molecule has 0 saturated heterocycles. The number of benzene rings is 1. The van der Waals surface area contributed by atoms with Crippen molar-refractivity contribution in [1.29, 1.82) is 0 Å². The van der Waals surface area contributed by atoms with Crippen LogP contribution in [-0.2, 0) is 10.0 Å². The molecule has 0 aliphatic heterocycles. The molecule has 0 aromatic heterocycles. The van der Waals surface area contributed by atoms with E-state index in [0.717, 1.165) is 4.31 Å². The van der Waals surface area contributed by atoms with E-state index in [-0.39, 0.29) is 28.1 Å². The molecule has 0 spiro atoms. The van der Waals surface area contributed by atoms with Crippen molar-refractivity contribution < 1.29 is 13.5 Å². The fourth-order valence-electron chi connectivity index (χ4n) is 1.30. The van der Waals surface area contributed by atoms with Crippen molar-refractivity contribution in [3.05, 3.63) is 28.8 Å². The number of hydrogen-bond donors (Lipinski definition) is 2. The summed E-state index contributed by atoms with van der Waals surface area (Å²) in [6.45, 7) is -0.245. The van der Waals surface area contributed by atoms with Gasteiger partial charge in [-0.2, -0.15) is 4.31 Å². The maximum atomic E-state index is 12.0. The van der Waals surface area contributed by atoms with Gasteiger partial charge in [0.25, 0.3) is 0 Å². The highest BCUT2D eigenvalue weighted by molar-refractivity contribution is 7.89. The third-order valence-corrected chi connectivity index (χ3v) is 4.71. The number of halogens is 1. The molecule has 0 fully saturated rings. The Hall–Kier alpha value is -0.730. The minimum Gasteiger partial charge on any atom is -0.395 e. The molecule has 0 aliphatic rings. The van der Waals surface area contributed by atoms with Crippen LogP contribution in [0.1, 0.15) is 5.56 Å². The van der Waals surface area contributed by atoms with Crippen molar-refractivity contribution in [2.75, 3.05) is 20.2 Å². The summed E-state index contributed by atoms with van der Waals surface area (Å²) in [5, 5.41) is 8.93. The average Bonchev–Trinajstić information content (AvgIpc) is 2.28. The average molecular weight is 309 g/mol. The molecule has 18 heavy (non-hydrogen) atoms. The zero-order chi connectivity index (χ0) is 13.9. The minimum atomic E-state index is -3.66. The molecule has 8 heteroatoms. The van der Waals surface area contributed by atoms with Crippen LogP contribution < -0.4 is 5.73 Å². The summed E-state index contributed by atoms with van der Waals surface area (Å²) in [5.74, 6) is 0. The normalized spacial score (nSPS) is 11.8. The van der Waals surface area contributed by atoms with Crippen LogP contribution in [-0.4, -0.2) is 43.0 Å². The molecule has 0 radical (unpaired) electrons. The fourth-order valence-corrected chi connectivity index (χ4v) is 3.07. The SMILES string of the molecule is CN(CCO)S(=O)(=O)c1ccc(C(N)=S)c(Cl)c1. The van der Waals surface area contributed by atoms with Gasteiger partial charge in [0, 0.05) is 19.2 Å². The maximum absolute atomic E-state index is 12.0. The summed E-state index contributed by atoms with van der Waals surface area (Å²) in [6.07, 6.45) is 0. The molecule has 0 unspecified atom stereocenters. The summed E-state index contributed by atoms with van der Waals surface area (Å²) in [5.41, 5.74) is 5.86. The minimum absolute atomic E-state index is 0.0109. The van der Waals surface area contributed by atoms with Gasteiger partial charge in [-0.05, 0) is 18.2 Å². The predicted molar refractivity (Wildman–Crippen MR) is 74.2 cm³/mol. The van der Waals surface area contributed by atoms with Crippen LogP contribution in [0.2, 0.25) is 5.02 Å². The Morgan fingerprint density at radius 1 is 1.56 bits per heavy atom. The highest BCUT2D eigenvalue weighted by Gasteiger charge is 2.21. The first-order chi connectivity index (χ1) is 8.30. The monoisotopic (exact) mass is 308 g/mol. The Morgan fingerprint density at radius 3 is 2.61 bits per heavy atom. The fraction of sp³-hybridized carbons (Fsp3) is 0.300. The zero-order valence-corrected chi connectivity index (χ0v) is 12.0. The molecule has 3 N–H and O–H groups in total. The third-order valence-electron chi connectivity index (χ3n) is 2.33. The van der Waals surface area contributed by atoms with Crippen molar-refractivity contribution in [2.24, 2.45) is 5.73 Å². The van der Waals surface area contributed by atoms with Gasteiger partial charge in [0.2, 0.25) is 10.0 Å². The molecule has 1 aromatic rings. The first-order valence-electron chi connectivity index (χ1n) is 4.97. The molecule has 0 saturated carbocycles. The van der Waals surface area contributed by atoms with Crippen LogP contribution in [0.15, 0.2) is 23.1 Å². The van der Waals surface area contributed by atoms with Gasteiger partial charge in [0.05, 0.1) is 16.5 Å². The van der Waals surface area contributed by atoms with Gasteiger partial charge < -0.3 is 10.8 Å². The van der Waals surface area contributed by atoms with E-state index in [1.54, 1.807) is 0 Å². The number of aliphatic hydroxyl groups excluding tert-OH is 1. The van der Waals surface area contributed by atoms with E-state index in [0.29, 0.717) is 5.56 Å². The topological polar surface area (TPSA) is 83.6 Å². The van der Waals surface area contributed by atoms with Crippen molar-refractivity contribution in [3.8, 4) is 0 Å². The van der Waals surface area contributed by atoms with Crippen LogP contribution in [0.3, 0.4) is 0 Å². The lowest BCUT2D eigenvalue weighted by molar-refractivity contribution is 0.266. The third kappa shape index (κ3) is 3.18. The summed E-state index contributed by atoms with van der Waals surface area (Å²) in [7, 11) is -2.29. The first-order valence-corrected chi connectivity index (χ1v) is 7.20. The van der Waals surface area contributed by atoms with Gasteiger partial charge in [0.15, 0.2) is 0 Å². The Balaban J connectivity index is 3.19. The van der Waals surface area contributed by atoms with Gasteiger partial charge in [-0.3, -0.25) is 0 Å². The van der Waals surface area contributed by atoms with Crippen LogP contribution >= 0.6 is 23.8 Å². The quantitative estimate of drug-likeness (QED) is 0.778. The van der Waals surface area contributed by atoms with E-state index in [4.69, 9.17) is 34.7 Å². The van der Waals surface area contributed by atoms with E-state index in [1.165, 1.54) is 25.2 Å². The van der Waals surface area contributed by atoms with E-state index in [9.17, 15) is 8.42 Å². The molecule has 0 aliphatic carbocycles. The lowest BCUT2D eigenvalue weighted by atomic mass is 10.2.